The molecule has 0 heterocycles. The lowest BCUT2D eigenvalue weighted by molar-refractivity contribution is -0.126. The molecule has 0 aromatic carbocycles. The molecule has 1 amide bonds. The molecule has 0 aliphatic heterocycles. The summed E-state index contributed by atoms with van der Waals surface area (Å²) in [5.41, 5.74) is 5.19. The molecule has 3 N–H and O–H groups in total. The molecule has 0 spiro atoms. The molecule has 0 bridgehead atoms. The van der Waals surface area contributed by atoms with Crippen molar-refractivity contribution in [2.75, 3.05) is 13.6 Å². The Labute approximate surface area is 123 Å². The number of nitrogens with zero attached hydrogens (tertiary/aromatic N) is 1. The smallest absolute Gasteiger partial charge is 0.237 e. The van der Waals surface area contributed by atoms with Crippen LogP contribution >= 0.6 is 0 Å². The van der Waals surface area contributed by atoms with Gasteiger partial charge in [0.05, 0.1) is 5.54 Å². The first-order valence-corrected chi connectivity index (χ1v) is 8.37. The lowest BCUT2D eigenvalue weighted by atomic mass is 9.77. The Morgan fingerprint density at radius 1 is 1.20 bits per heavy atom. The van der Waals surface area contributed by atoms with Crippen LogP contribution in [-0.2, 0) is 4.79 Å². The number of rotatable bonds is 5. The number of carbonyl (C=O) groups is 1. The standard InChI is InChI=1S/C16H31N3O/c1-3-19(13-8-5-4-6-9-13)14-10-7-11-16(12-14,18-2)15(17)20/h13-14,18H,3-12H2,1-2H3,(H2,17,20). The molecule has 0 saturated heterocycles. The van der Waals surface area contributed by atoms with Gasteiger partial charge in [0.2, 0.25) is 5.91 Å². The number of carbonyl (C=O) groups excluding carboxylic acids is 1. The van der Waals surface area contributed by atoms with Crippen LogP contribution in [0, 0.1) is 0 Å². The fraction of sp³-hybridized carbons (Fsp3) is 0.938. The fourth-order valence-electron chi connectivity index (χ4n) is 4.33. The number of primary amides is 1. The third kappa shape index (κ3) is 3.17. The van der Waals surface area contributed by atoms with Gasteiger partial charge in [-0.2, -0.15) is 0 Å². The summed E-state index contributed by atoms with van der Waals surface area (Å²) in [6.07, 6.45) is 10.8. The van der Waals surface area contributed by atoms with E-state index in [-0.39, 0.29) is 5.91 Å². The predicted octanol–water partition coefficient (Wildman–Crippen LogP) is 2.03. The summed E-state index contributed by atoms with van der Waals surface area (Å²) in [6.45, 7) is 3.35. The highest BCUT2D eigenvalue weighted by Crippen LogP contribution is 2.34. The van der Waals surface area contributed by atoms with E-state index in [0.717, 1.165) is 31.8 Å². The van der Waals surface area contributed by atoms with Crippen LogP contribution in [0.3, 0.4) is 0 Å². The highest BCUT2D eigenvalue weighted by Gasteiger charge is 2.42. The zero-order valence-electron chi connectivity index (χ0n) is 13.2. The molecule has 20 heavy (non-hydrogen) atoms. The predicted molar refractivity (Wildman–Crippen MR) is 82.5 cm³/mol. The third-order valence-electron chi connectivity index (χ3n) is 5.55. The first-order valence-electron chi connectivity index (χ1n) is 8.37. The van der Waals surface area contributed by atoms with Crippen molar-refractivity contribution in [2.24, 2.45) is 5.73 Å². The second-order valence-corrected chi connectivity index (χ2v) is 6.57. The second kappa shape index (κ2) is 6.90. The summed E-state index contributed by atoms with van der Waals surface area (Å²) >= 11 is 0. The number of amides is 1. The van der Waals surface area contributed by atoms with Gasteiger partial charge < -0.3 is 11.1 Å². The molecular weight excluding hydrogens is 250 g/mol. The molecule has 2 fully saturated rings. The zero-order valence-corrected chi connectivity index (χ0v) is 13.2. The molecule has 0 aromatic rings. The van der Waals surface area contributed by atoms with Gasteiger partial charge in [-0.15, -0.1) is 0 Å². The lowest BCUT2D eigenvalue weighted by Gasteiger charge is -2.46. The van der Waals surface area contributed by atoms with Crippen LogP contribution in [0.5, 0.6) is 0 Å². The van der Waals surface area contributed by atoms with Gasteiger partial charge in [0.1, 0.15) is 0 Å². The average Bonchev–Trinajstić information content (AvgIpc) is 2.49. The first kappa shape index (κ1) is 15.8. The lowest BCUT2D eigenvalue weighted by Crippen LogP contribution is -2.60. The summed E-state index contributed by atoms with van der Waals surface area (Å²) in [7, 11) is 1.88. The first-order chi connectivity index (χ1) is 9.63. The van der Waals surface area contributed by atoms with Crippen molar-refractivity contribution in [3.8, 4) is 0 Å². The number of hydrogen-bond acceptors (Lipinski definition) is 3. The van der Waals surface area contributed by atoms with Crippen molar-refractivity contribution in [3.05, 3.63) is 0 Å². The number of hydrogen-bond donors (Lipinski definition) is 2. The maximum Gasteiger partial charge on any atom is 0.237 e. The van der Waals surface area contributed by atoms with Crippen LogP contribution < -0.4 is 11.1 Å². The normalized spacial score (nSPS) is 32.5. The van der Waals surface area contributed by atoms with Crippen LogP contribution in [-0.4, -0.2) is 42.0 Å². The van der Waals surface area contributed by atoms with Crippen molar-refractivity contribution >= 4 is 5.91 Å². The summed E-state index contributed by atoms with van der Waals surface area (Å²) in [5.74, 6) is -0.176. The van der Waals surface area contributed by atoms with E-state index >= 15 is 0 Å². The molecular formula is C16H31N3O. The monoisotopic (exact) mass is 281 g/mol. The summed E-state index contributed by atoms with van der Waals surface area (Å²) in [6, 6.07) is 1.23. The fourth-order valence-corrected chi connectivity index (χ4v) is 4.33. The van der Waals surface area contributed by atoms with E-state index in [2.05, 4.69) is 17.1 Å². The largest absolute Gasteiger partial charge is 0.368 e. The maximum absolute atomic E-state index is 11.9. The van der Waals surface area contributed by atoms with Crippen molar-refractivity contribution in [1.82, 2.24) is 10.2 Å². The molecule has 2 unspecified atom stereocenters. The molecule has 2 aliphatic carbocycles. The quantitative estimate of drug-likeness (QED) is 0.810. The van der Waals surface area contributed by atoms with Crippen molar-refractivity contribution in [3.63, 3.8) is 0 Å². The van der Waals surface area contributed by atoms with Gasteiger partial charge >= 0.3 is 0 Å². The van der Waals surface area contributed by atoms with E-state index in [1.807, 2.05) is 7.05 Å². The van der Waals surface area contributed by atoms with Gasteiger partial charge in [0.15, 0.2) is 0 Å². The SMILES string of the molecule is CCN(C1CCCCC1)C1CCCC(NC)(C(N)=O)C1. The van der Waals surface area contributed by atoms with Crippen molar-refractivity contribution in [2.45, 2.75) is 82.3 Å². The number of likely N-dealkylation sites (N-methyl/N-ethyl adjacent to an activating group) is 1. The highest BCUT2D eigenvalue weighted by molar-refractivity contribution is 5.84. The molecule has 116 valence electrons. The minimum Gasteiger partial charge on any atom is -0.368 e. The molecule has 2 atom stereocenters. The topological polar surface area (TPSA) is 58.4 Å². The molecule has 0 aromatic heterocycles. The number of nitrogens with two attached hydrogens (primary N) is 1. The molecule has 4 heteroatoms. The average molecular weight is 281 g/mol. The summed E-state index contributed by atoms with van der Waals surface area (Å²) in [4.78, 5) is 14.5. The molecule has 2 saturated carbocycles. The second-order valence-electron chi connectivity index (χ2n) is 6.57. The van der Waals surface area contributed by atoms with Crippen molar-refractivity contribution in [1.29, 1.82) is 0 Å². The minimum atomic E-state index is -0.481. The van der Waals surface area contributed by atoms with Gasteiger partial charge in [-0.3, -0.25) is 9.69 Å². The summed E-state index contributed by atoms with van der Waals surface area (Å²) < 4.78 is 0. The van der Waals surface area contributed by atoms with Gasteiger partial charge in [-0.05, 0) is 52.1 Å². The van der Waals surface area contributed by atoms with Crippen LogP contribution in [0.4, 0.5) is 0 Å². The van der Waals surface area contributed by atoms with Gasteiger partial charge in [0.25, 0.3) is 0 Å². The molecule has 4 nitrogen and oxygen atoms in total. The van der Waals surface area contributed by atoms with Crippen LogP contribution in [0.15, 0.2) is 0 Å². The van der Waals surface area contributed by atoms with Crippen molar-refractivity contribution < 1.29 is 4.79 Å². The Kier molecular flexibility index (Phi) is 5.44. The summed E-state index contributed by atoms with van der Waals surface area (Å²) in [5, 5.41) is 3.23. The Hall–Kier alpha value is -0.610. The Bertz CT molecular complexity index is 328. The highest BCUT2D eigenvalue weighted by atomic mass is 16.1. The van der Waals surface area contributed by atoms with Gasteiger partial charge in [0, 0.05) is 12.1 Å². The van der Waals surface area contributed by atoms with Crippen LogP contribution in [0.1, 0.15) is 64.7 Å². The van der Waals surface area contributed by atoms with Crippen LogP contribution in [0.25, 0.3) is 0 Å². The van der Waals surface area contributed by atoms with Crippen LogP contribution in [0.2, 0.25) is 0 Å². The molecule has 0 radical (unpaired) electrons. The third-order valence-corrected chi connectivity index (χ3v) is 5.55. The van der Waals surface area contributed by atoms with Gasteiger partial charge in [-0.1, -0.05) is 26.2 Å². The van der Waals surface area contributed by atoms with E-state index < -0.39 is 5.54 Å². The van der Waals surface area contributed by atoms with E-state index in [9.17, 15) is 4.79 Å². The zero-order chi connectivity index (χ0) is 14.6. The Morgan fingerprint density at radius 2 is 1.85 bits per heavy atom. The number of nitrogens with one attached hydrogen (secondary N) is 1. The van der Waals surface area contributed by atoms with Gasteiger partial charge in [-0.25, -0.2) is 0 Å². The molecule has 2 aliphatic rings. The van der Waals surface area contributed by atoms with E-state index in [4.69, 9.17) is 5.73 Å². The molecule has 2 rings (SSSR count). The maximum atomic E-state index is 11.9. The Morgan fingerprint density at radius 3 is 2.40 bits per heavy atom. The van der Waals surface area contributed by atoms with E-state index in [1.165, 1.54) is 38.5 Å². The van der Waals surface area contributed by atoms with E-state index in [1.54, 1.807) is 0 Å². The minimum absolute atomic E-state index is 0.176. The Balaban J connectivity index is 2.07. The van der Waals surface area contributed by atoms with E-state index in [0.29, 0.717) is 6.04 Å².